The molecule has 106 valence electrons. The number of rotatable bonds is 5. The molecule has 0 unspecified atom stereocenters. The van der Waals surface area contributed by atoms with E-state index in [1.54, 1.807) is 6.07 Å². The molecule has 0 bridgehead atoms. The molecular weight excluding hydrogens is 346 g/mol. The van der Waals surface area contributed by atoms with Gasteiger partial charge in [-0.25, -0.2) is 10.5 Å². The van der Waals surface area contributed by atoms with Crippen molar-refractivity contribution in [1.82, 2.24) is 14.9 Å². The van der Waals surface area contributed by atoms with Gasteiger partial charge in [-0.2, -0.15) is 0 Å². The molecule has 2 rings (SSSR count). The van der Waals surface area contributed by atoms with Gasteiger partial charge in [-0.15, -0.1) is 10.2 Å². The molecule has 6 N–H and O–H groups in total. The molecule has 1 aromatic carbocycles. The number of nitrogen functional groups attached to an aromatic ring is 2. The minimum absolute atomic E-state index is 0.154. The first-order valence-corrected chi connectivity index (χ1v) is 7.24. The van der Waals surface area contributed by atoms with E-state index in [9.17, 15) is 4.79 Å². The number of hydrazine groups is 1. The molecule has 0 aliphatic carbocycles. The fourth-order valence-corrected chi connectivity index (χ4v) is 2.39. The Morgan fingerprint density at radius 2 is 2.15 bits per heavy atom. The Labute approximate surface area is 127 Å². The lowest BCUT2D eigenvalue weighted by Crippen LogP contribution is -2.19. The van der Waals surface area contributed by atoms with Crippen LogP contribution >= 0.6 is 27.7 Å². The number of hydrogen-bond donors (Lipinski definition) is 4. The lowest BCUT2D eigenvalue weighted by atomic mass is 10.3. The predicted octanol–water partition coefficient (Wildman–Crippen LogP) is 0.771. The molecule has 0 radical (unpaired) electrons. The van der Waals surface area contributed by atoms with Crippen LogP contribution in [-0.2, 0) is 4.79 Å². The average molecular weight is 358 g/mol. The average Bonchev–Trinajstić information content (AvgIpc) is 2.79. The molecule has 0 saturated carbocycles. The zero-order valence-electron chi connectivity index (χ0n) is 10.2. The summed E-state index contributed by atoms with van der Waals surface area (Å²) in [6.45, 7) is 0. The number of nitrogens with two attached hydrogens (primary N) is 2. The summed E-state index contributed by atoms with van der Waals surface area (Å²) in [5.74, 6) is 11.1. The fraction of sp³-hybridized carbons (Fsp3) is 0.100. The molecule has 8 nitrogen and oxygen atoms in total. The number of para-hydroxylation sites is 1. The van der Waals surface area contributed by atoms with E-state index in [0.717, 1.165) is 16.2 Å². The minimum Gasteiger partial charge on any atom is -0.334 e. The summed E-state index contributed by atoms with van der Waals surface area (Å²) in [6, 6.07) is 7.35. The maximum atomic E-state index is 11.8. The molecule has 0 fully saturated rings. The summed E-state index contributed by atoms with van der Waals surface area (Å²) in [7, 11) is 0. The zero-order chi connectivity index (χ0) is 14.5. The Hall–Kier alpha value is -1.78. The number of aromatic nitrogens is 3. The van der Waals surface area contributed by atoms with Crippen molar-refractivity contribution in [1.29, 1.82) is 0 Å². The summed E-state index contributed by atoms with van der Waals surface area (Å²) in [5, 5.41) is 10.7. The van der Waals surface area contributed by atoms with E-state index in [2.05, 4.69) is 36.9 Å². The van der Waals surface area contributed by atoms with Crippen LogP contribution in [-0.4, -0.2) is 26.5 Å². The van der Waals surface area contributed by atoms with Gasteiger partial charge in [0.25, 0.3) is 5.95 Å². The van der Waals surface area contributed by atoms with E-state index >= 15 is 0 Å². The van der Waals surface area contributed by atoms with Crippen molar-refractivity contribution in [2.45, 2.75) is 5.16 Å². The normalized spacial score (nSPS) is 10.3. The summed E-state index contributed by atoms with van der Waals surface area (Å²) in [5.41, 5.74) is 3.00. The van der Waals surface area contributed by atoms with Gasteiger partial charge in [0.1, 0.15) is 0 Å². The second-order valence-corrected chi connectivity index (χ2v) is 5.43. The fourth-order valence-electron chi connectivity index (χ4n) is 1.35. The van der Waals surface area contributed by atoms with Crippen molar-refractivity contribution < 1.29 is 4.79 Å². The molecule has 10 heteroatoms. The number of halogens is 1. The highest BCUT2D eigenvalue weighted by atomic mass is 79.9. The summed E-state index contributed by atoms with van der Waals surface area (Å²) in [6.07, 6.45) is 0. The number of anilines is 2. The van der Waals surface area contributed by atoms with Crippen molar-refractivity contribution in [2.24, 2.45) is 5.84 Å². The van der Waals surface area contributed by atoms with E-state index in [0.29, 0.717) is 10.8 Å². The monoisotopic (exact) mass is 357 g/mol. The van der Waals surface area contributed by atoms with Crippen LogP contribution in [0.4, 0.5) is 11.6 Å². The molecule has 2 aromatic rings. The highest BCUT2D eigenvalue weighted by Gasteiger charge is 2.12. The van der Waals surface area contributed by atoms with Gasteiger partial charge in [0.2, 0.25) is 11.1 Å². The smallest absolute Gasteiger partial charge is 0.258 e. The van der Waals surface area contributed by atoms with Gasteiger partial charge >= 0.3 is 0 Å². The van der Waals surface area contributed by atoms with Gasteiger partial charge < -0.3 is 11.2 Å². The number of benzene rings is 1. The van der Waals surface area contributed by atoms with Gasteiger partial charge in [-0.05, 0) is 28.1 Å². The summed E-state index contributed by atoms with van der Waals surface area (Å²) < 4.78 is 1.99. The molecule has 0 aliphatic rings. The van der Waals surface area contributed by atoms with Crippen molar-refractivity contribution in [3.05, 3.63) is 28.7 Å². The van der Waals surface area contributed by atoms with Crippen LogP contribution in [0.2, 0.25) is 0 Å². The molecule has 0 atom stereocenters. The third kappa shape index (κ3) is 3.40. The van der Waals surface area contributed by atoms with Crippen LogP contribution in [0.25, 0.3) is 0 Å². The number of amides is 1. The standard InChI is InChI=1S/C10H12BrN7OS/c11-6-3-1-2-4-7(6)14-8(19)5-20-10-17-16-9(15-12)18(10)13/h1-4H,5,12-13H2,(H,14,19)(H,15,16). The Kier molecular flexibility index (Phi) is 4.82. The van der Waals surface area contributed by atoms with Gasteiger partial charge in [-0.1, -0.05) is 23.9 Å². The zero-order valence-corrected chi connectivity index (χ0v) is 12.6. The lowest BCUT2D eigenvalue weighted by molar-refractivity contribution is -0.113. The van der Waals surface area contributed by atoms with Crippen LogP contribution < -0.4 is 22.4 Å². The van der Waals surface area contributed by atoms with Gasteiger partial charge in [0.05, 0.1) is 11.4 Å². The van der Waals surface area contributed by atoms with Crippen LogP contribution in [0, 0.1) is 0 Å². The van der Waals surface area contributed by atoms with E-state index < -0.39 is 0 Å². The number of carbonyl (C=O) groups excluding carboxylic acids is 1. The first kappa shape index (κ1) is 14.6. The number of hydrogen-bond acceptors (Lipinski definition) is 7. The molecule has 1 aromatic heterocycles. The first-order chi connectivity index (χ1) is 9.61. The van der Waals surface area contributed by atoms with Crippen molar-refractivity contribution in [3.8, 4) is 0 Å². The van der Waals surface area contributed by atoms with Crippen LogP contribution in [0.5, 0.6) is 0 Å². The van der Waals surface area contributed by atoms with Crippen LogP contribution in [0.15, 0.2) is 33.9 Å². The Bertz CT molecular complexity index is 617. The maximum absolute atomic E-state index is 11.8. The Morgan fingerprint density at radius 1 is 1.40 bits per heavy atom. The summed E-state index contributed by atoms with van der Waals surface area (Å²) >= 11 is 4.51. The second-order valence-electron chi connectivity index (χ2n) is 3.64. The molecule has 0 saturated heterocycles. The third-order valence-electron chi connectivity index (χ3n) is 2.27. The molecule has 1 amide bonds. The largest absolute Gasteiger partial charge is 0.334 e. The third-order valence-corrected chi connectivity index (χ3v) is 3.91. The van der Waals surface area contributed by atoms with Crippen LogP contribution in [0.1, 0.15) is 0 Å². The highest BCUT2D eigenvalue weighted by Crippen LogP contribution is 2.22. The molecule has 0 spiro atoms. The first-order valence-electron chi connectivity index (χ1n) is 5.46. The van der Waals surface area contributed by atoms with Gasteiger partial charge in [0.15, 0.2) is 0 Å². The molecule has 0 aliphatic heterocycles. The van der Waals surface area contributed by atoms with E-state index in [1.165, 1.54) is 4.68 Å². The van der Waals surface area contributed by atoms with Crippen molar-refractivity contribution in [2.75, 3.05) is 22.3 Å². The number of nitrogens with zero attached hydrogens (tertiary/aromatic N) is 3. The molecular formula is C10H12BrN7OS. The number of thioether (sulfide) groups is 1. The SMILES string of the molecule is NNc1nnc(SCC(=O)Nc2ccccc2Br)n1N. The van der Waals surface area contributed by atoms with Gasteiger partial charge in [0, 0.05) is 4.47 Å². The minimum atomic E-state index is -0.174. The highest BCUT2D eigenvalue weighted by molar-refractivity contribution is 9.10. The topological polar surface area (TPSA) is 124 Å². The Morgan fingerprint density at radius 3 is 2.80 bits per heavy atom. The van der Waals surface area contributed by atoms with E-state index in [1.807, 2.05) is 18.2 Å². The van der Waals surface area contributed by atoms with Gasteiger partial charge in [-0.3, -0.25) is 10.2 Å². The maximum Gasteiger partial charge on any atom is 0.258 e. The second kappa shape index (κ2) is 6.59. The van der Waals surface area contributed by atoms with Crippen molar-refractivity contribution in [3.63, 3.8) is 0 Å². The van der Waals surface area contributed by atoms with E-state index in [4.69, 9.17) is 11.7 Å². The lowest BCUT2D eigenvalue weighted by Gasteiger charge is -2.06. The molecule has 1 heterocycles. The summed E-state index contributed by atoms with van der Waals surface area (Å²) in [4.78, 5) is 11.8. The predicted molar refractivity (Wildman–Crippen MR) is 81.5 cm³/mol. The number of nitrogens with one attached hydrogen (secondary N) is 2. The number of carbonyl (C=O) groups is 1. The Balaban J connectivity index is 1.92. The van der Waals surface area contributed by atoms with Crippen molar-refractivity contribution >= 4 is 45.2 Å². The molecule has 20 heavy (non-hydrogen) atoms. The van der Waals surface area contributed by atoms with E-state index in [-0.39, 0.29) is 17.6 Å². The quantitative estimate of drug-likeness (QED) is 0.354. The van der Waals surface area contributed by atoms with Crippen LogP contribution in [0.3, 0.4) is 0 Å².